The molecule has 0 radical (unpaired) electrons. The molecular weight excluding hydrogens is 226 g/mol. The number of ether oxygens (including phenoxy) is 1. The number of Topliss-reactive ketones (excluding diaryl/α,β-unsaturated/α-hetero) is 1. The van der Waals surface area contributed by atoms with Crippen molar-refractivity contribution in [2.45, 2.75) is 26.7 Å². The molecule has 0 saturated heterocycles. The third-order valence-electron chi connectivity index (χ3n) is 3.36. The predicted molar refractivity (Wildman–Crippen MR) is 72.4 cm³/mol. The highest BCUT2D eigenvalue weighted by Crippen LogP contribution is 2.28. The van der Waals surface area contributed by atoms with Crippen LogP contribution in [0.3, 0.4) is 0 Å². The van der Waals surface area contributed by atoms with Gasteiger partial charge >= 0.3 is 0 Å². The molecule has 1 aliphatic rings. The maximum atomic E-state index is 12.2. The van der Waals surface area contributed by atoms with Gasteiger partial charge in [0, 0.05) is 0 Å². The molecule has 3 nitrogen and oxygen atoms in total. The van der Waals surface area contributed by atoms with Crippen LogP contribution in [-0.2, 0) is 0 Å². The monoisotopic (exact) mass is 247 g/mol. The van der Waals surface area contributed by atoms with Gasteiger partial charge in [0.25, 0.3) is 0 Å². The van der Waals surface area contributed by atoms with Crippen LogP contribution in [0.15, 0.2) is 12.1 Å². The van der Waals surface area contributed by atoms with Gasteiger partial charge < -0.3 is 10.1 Å². The van der Waals surface area contributed by atoms with Gasteiger partial charge in [-0.15, -0.1) is 0 Å². The van der Waals surface area contributed by atoms with Crippen molar-refractivity contribution >= 4 is 5.78 Å². The zero-order valence-corrected chi connectivity index (χ0v) is 11.4. The Bertz CT molecular complexity index is 450. The maximum absolute atomic E-state index is 12.2. The average Bonchev–Trinajstić information content (AvgIpc) is 3.11. The van der Waals surface area contributed by atoms with Crippen molar-refractivity contribution in [2.75, 3.05) is 20.2 Å². The number of carbonyl (C=O) groups is 1. The van der Waals surface area contributed by atoms with Crippen LogP contribution >= 0.6 is 0 Å². The predicted octanol–water partition coefficient (Wildman–Crippen LogP) is 2.49. The van der Waals surface area contributed by atoms with Crippen molar-refractivity contribution < 1.29 is 9.53 Å². The Morgan fingerprint density at radius 1 is 1.39 bits per heavy atom. The van der Waals surface area contributed by atoms with Crippen LogP contribution in [0.4, 0.5) is 0 Å². The van der Waals surface area contributed by atoms with Gasteiger partial charge in [0.2, 0.25) is 0 Å². The second-order valence-corrected chi connectivity index (χ2v) is 5.16. The highest BCUT2D eigenvalue weighted by molar-refractivity contribution is 6.01. The van der Waals surface area contributed by atoms with E-state index in [0.717, 1.165) is 23.6 Å². The van der Waals surface area contributed by atoms with Gasteiger partial charge in [-0.2, -0.15) is 0 Å². The van der Waals surface area contributed by atoms with Crippen LogP contribution in [0.5, 0.6) is 5.75 Å². The summed E-state index contributed by atoms with van der Waals surface area (Å²) in [5.41, 5.74) is 2.82. The van der Waals surface area contributed by atoms with Gasteiger partial charge in [-0.25, -0.2) is 0 Å². The quantitative estimate of drug-likeness (QED) is 0.785. The van der Waals surface area contributed by atoms with Crippen LogP contribution in [0.1, 0.15) is 34.3 Å². The van der Waals surface area contributed by atoms with Crippen molar-refractivity contribution in [2.24, 2.45) is 5.92 Å². The standard InChI is InChI=1S/C15H21NO2/c1-10-6-11(2)15(14(7-10)18-3)13(17)9-16-8-12-4-5-12/h6-7,12,16H,4-5,8-9H2,1-3H3. The third kappa shape index (κ3) is 3.10. The van der Waals surface area contributed by atoms with Gasteiger partial charge in [0.15, 0.2) is 5.78 Å². The zero-order valence-electron chi connectivity index (χ0n) is 11.4. The molecule has 0 aromatic heterocycles. The van der Waals surface area contributed by atoms with E-state index >= 15 is 0 Å². The molecule has 0 amide bonds. The Morgan fingerprint density at radius 3 is 2.72 bits per heavy atom. The van der Waals surface area contributed by atoms with E-state index in [0.29, 0.717) is 17.9 Å². The Kier molecular flexibility index (Phi) is 4.02. The molecule has 0 unspecified atom stereocenters. The summed E-state index contributed by atoms with van der Waals surface area (Å²) in [4.78, 5) is 12.2. The molecular formula is C15H21NO2. The normalized spacial score (nSPS) is 14.6. The summed E-state index contributed by atoms with van der Waals surface area (Å²) in [6.45, 7) is 5.33. The Balaban J connectivity index is 2.07. The van der Waals surface area contributed by atoms with Crippen LogP contribution in [0.25, 0.3) is 0 Å². The second kappa shape index (κ2) is 5.53. The van der Waals surface area contributed by atoms with Crippen LogP contribution in [0.2, 0.25) is 0 Å². The summed E-state index contributed by atoms with van der Waals surface area (Å²) in [6, 6.07) is 3.94. The summed E-state index contributed by atoms with van der Waals surface area (Å²) in [5.74, 6) is 1.59. The van der Waals surface area contributed by atoms with Crippen LogP contribution in [-0.4, -0.2) is 26.0 Å². The minimum absolute atomic E-state index is 0.116. The molecule has 0 atom stereocenters. The largest absolute Gasteiger partial charge is 0.496 e. The molecule has 18 heavy (non-hydrogen) atoms. The van der Waals surface area contributed by atoms with Crippen molar-refractivity contribution in [1.82, 2.24) is 5.32 Å². The molecule has 1 N–H and O–H groups in total. The second-order valence-electron chi connectivity index (χ2n) is 5.16. The number of ketones is 1. The molecule has 3 heteroatoms. The number of carbonyl (C=O) groups excluding carboxylic acids is 1. The first-order chi connectivity index (χ1) is 8.61. The molecule has 1 saturated carbocycles. The minimum atomic E-state index is 0.116. The molecule has 0 heterocycles. The fraction of sp³-hybridized carbons (Fsp3) is 0.533. The lowest BCUT2D eigenvalue weighted by molar-refractivity contribution is 0.0987. The Labute approximate surface area is 109 Å². The van der Waals surface area contributed by atoms with Crippen molar-refractivity contribution in [3.63, 3.8) is 0 Å². The molecule has 1 aromatic carbocycles. The van der Waals surface area contributed by atoms with E-state index < -0.39 is 0 Å². The first-order valence-electron chi connectivity index (χ1n) is 6.51. The van der Waals surface area contributed by atoms with Crippen molar-refractivity contribution in [1.29, 1.82) is 0 Å². The fourth-order valence-corrected chi connectivity index (χ4v) is 2.25. The molecule has 1 aliphatic carbocycles. The van der Waals surface area contributed by atoms with Crippen LogP contribution in [0, 0.1) is 19.8 Å². The first-order valence-corrected chi connectivity index (χ1v) is 6.51. The lowest BCUT2D eigenvalue weighted by atomic mass is 10.0. The summed E-state index contributed by atoms with van der Waals surface area (Å²) in [7, 11) is 1.61. The zero-order chi connectivity index (χ0) is 13.1. The van der Waals surface area contributed by atoms with E-state index in [4.69, 9.17) is 4.74 Å². The number of aryl methyl sites for hydroxylation is 2. The van der Waals surface area contributed by atoms with Gasteiger partial charge in [-0.3, -0.25) is 4.79 Å². The fourth-order valence-electron chi connectivity index (χ4n) is 2.25. The molecule has 1 fully saturated rings. The van der Waals surface area contributed by atoms with E-state index in [1.54, 1.807) is 7.11 Å². The van der Waals surface area contributed by atoms with E-state index in [2.05, 4.69) is 5.32 Å². The van der Waals surface area contributed by atoms with Gasteiger partial charge in [-0.05, 0) is 56.3 Å². The number of rotatable bonds is 6. The van der Waals surface area contributed by atoms with E-state index in [-0.39, 0.29) is 5.78 Å². The molecule has 0 bridgehead atoms. The Morgan fingerprint density at radius 2 is 2.11 bits per heavy atom. The number of hydrogen-bond acceptors (Lipinski definition) is 3. The van der Waals surface area contributed by atoms with E-state index in [9.17, 15) is 4.79 Å². The summed E-state index contributed by atoms with van der Waals surface area (Å²) in [6.07, 6.45) is 2.60. The molecule has 98 valence electrons. The average molecular weight is 247 g/mol. The molecule has 2 rings (SSSR count). The van der Waals surface area contributed by atoms with Crippen molar-refractivity contribution in [3.8, 4) is 5.75 Å². The molecule has 0 spiro atoms. The van der Waals surface area contributed by atoms with Gasteiger partial charge in [-0.1, -0.05) is 6.07 Å². The summed E-state index contributed by atoms with van der Waals surface area (Å²) >= 11 is 0. The molecule has 0 aliphatic heterocycles. The minimum Gasteiger partial charge on any atom is -0.496 e. The lowest BCUT2D eigenvalue weighted by Crippen LogP contribution is -2.25. The highest BCUT2D eigenvalue weighted by Gasteiger charge is 2.21. The Hall–Kier alpha value is -1.35. The maximum Gasteiger partial charge on any atom is 0.180 e. The smallest absolute Gasteiger partial charge is 0.180 e. The highest BCUT2D eigenvalue weighted by atomic mass is 16.5. The number of hydrogen-bond donors (Lipinski definition) is 1. The number of methoxy groups -OCH3 is 1. The summed E-state index contributed by atoms with van der Waals surface area (Å²) in [5, 5.41) is 3.23. The lowest BCUT2D eigenvalue weighted by Gasteiger charge is -2.12. The summed E-state index contributed by atoms with van der Waals surface area (Å²) < 4.78 is 5.32. The number of benzene rings is 1. The first kappa shape index (κ1) is 13.1. The molecule has 1 aromatic rings. The SMILES string of the molecule is COc1cc(C)cc(C)c1C(=O)CNCC1CC1. The number of nitrogens with one attached hydrogen (secondary N) is 1. The van der Waals surface area contributed by atoms with E-state index in [1.807, 2.05) is 26.0 Å². The van der Waals surface area contributed by atoms with Gasteiger partial charge in [0.05, 0.1) is 19.2 Å². The van der Waals surface area contributed by atoms with E-state index in [1.165, 1.54) is 12.8 Å². The van der Waals surface area contributed by atoms with Gasteiger partial charge in [0.1, 0.15) is 5.75 Å². The van der Waals surface area contributed by atoms with Crippen molar-refractivity contribution in [3.05, 3.63) is 28.8 Å². The van der Waals surface area contributed by atoms with Crippen LogP contribution < -0.4 is 10.1 Å². The third-order valence-corrected chi connectivity index (χ3v) is 3.36. The topological polar surface area (TPSA) is 38.3 Å².